The normalized spacial score (nSPS) is 11.9. The molecule has 1 atom stereocenters. The van der Waals surface area contributed by atoms with E-state index in [1.165, 1.54) is 30.2 Å². The van der Waals surface area contributed by atoms with Gasteiger partial charge in [-0.15, -0.1) is 0 Å². The molecule has 2 amide bonds. The Morgan fingerprint density at radius 3 is 2.19 bits per heavy atom. The van der Waals surface area contributed by atoms with Crippen LogP contribution in [0.1, 0.15) is 37.8 Å². The monoisotopic (exact) mass is 615 g/mol. The van der Waals surface area contributed by atoms with Crippen LogP contribution in [0.25, 0.3) is 0 Å². The fraction of sp³-hybridized carbons (Fsp3) is 0.355. The van der Waals surface area contributed by atoms with Crippen molar-refractivity contribution >= 4 is 39.1 Å². The molecule has 3 aromatic rings. The van der Waals surface area contributed by atoms with Crippen molar-refractivity contribution in [3.05, 3.63) is 82.9 Å². The summed E-state index contributed by atoms with van der Waals surface area (Å²) >= 11 is 6.29. The number of benzene rings is 3. The molecule has 0 unspecified atom stereocenters. The summed E-state index contributed by atoms with van der Waals surface area (Å²) in [4.78, 5) is 28.8. The number of halogens is 1. The number of methoxy groups -OCH3 is 2. The van der Waals surface area contributed by atoms with Crippen molar-refractivity contribution in [2.24, 2.45) is 0 Å². The number of rotatable bonds is 14. The van der Waals surface area contributed by atoms with E-state index in [-0.39, 0.29) is 33.8 Å². The Balaban J connectivity index is 2.11. The zero-order valence-electron chi connectivity index (χ0n) is 24.6. The lowest BCUT2D eigenvalue weighted by Gasteiger charge is -2.33. The summed E-state index contributed by atoms with van der Waals surface area (Å²) in [7, 11) is -1.30. The van der Waals surface area contributed by atoms with Crippen LogP contribution in [-0.2, 0) is 26.2 Å². The van der Waals surface area contributed by atoms with Crippen molar-refractivity contribution in [2.45, 2.75) is 51.1 Å². The van der Waals surface area contributed by atoms with E-state index in [2.05, 4.69) is 5.32 Å². The highest BCUT2D eigenvalue weighted by atomic mass is 35.5. The third-order valence-electron chi connectivity index (χ3n) is 6.74. The summed E-state index contributed by atoms with van der Waals surface area (Å²) in [6.45, 7) is 5.53. The van der Waals surface area contributed by atoms with E-state index in [0.29, 0.717) is 18.7 Å². The molecule has 3 aromatic carbocycles. The molecular weight excluding hydrogens is 578 g/mol. The lowest BCUT2D eigenvalue weighted by molar-refractivity contribution is -0.140. The van der Waals surface area contributed by atoms with Crippen molar-refractivity contribution in [1.29, 1.82) is 0 Å². The first-order chi connectivity index (χ1) is 20.0. The minimum absolute atomic E-state index is 0.00244. The summed E-state index contributed by atoms with van der Waals surface area (Å²) < 4.78 is 39.9. The first-order valence-corrected chi connectivity index (χ1v) is 15.5. The molecule has 0 saturated heterocycles. The largest absolute Gasteiger partial charge is 0.497 e. The molecule has 0 saturated carbocycles. The summed E-state index contributed by atoms with van der Waals surface area (Å²) in [6, 6.07) is 17.2. The molecule has 0 bridgehead atoms. The Morgan fingerprint density at radius 2 is 1.62 bits per heavy atom. The SMILES string of the molecule is CCCNC(=O)[C@H](CC)N(Cc1ccc(OC)cc1)C(=O)CN(c1cc(Cl)ccc1OC)S(=O)(=O)c1ccc(C)cc1. The molecule has 0 heterocycles. The number of hydrogen-bond acceptors (Lipinski definition) is 6. The minimum Gasteiger partial charge on any atom is -0.497 e. The average molecular weight is 616 g/mol. The molecule has 11 heteroatoms. The fourth-order valence-electron chi connectivity index (χ4n) is 4.42. The maximum absolute atomic E-state index is 14.2. The van der Waals surface area contributed by atoms with Crippen LogP contribution in [0.3, 0.4) is 0 Å². The van der Waals surface area contributed by atoms with Crippen LogP contribution in [0.15, 0.2) is 71.6 Å². The second kappa shape index (κ2) is 14.9. The van der Waals surface area contributed by atoms with E-state index < -0.39 is 28.5 Å². The van der Waals surface area contributed by atoms with Crippen LogP contribution in [0.2, 0.25) is 5.02 Å². The Kier molecular flexibility index (Phi) is 11.6. The quantitative estimate of drug-likeness (QED) is 0.267. The highest BCUT2D eigenvalue weighted by molar-refractivity contribution is 7.92. The van der Waals surface area contributed by atoms with Crippen LogP contribution in [0.5, 0.6) is 11.5 Å². The van der Waals surface area contributed by atoms with Crippen LogP contribution in [0, 0.1) is 6.92 Å². The average Bonchev–Trinajstić information content (AvgIpc) is 2.99. The van der Waals surface area contributed by atoms with Crippen LogP contribution < -0.4 is 19.1 Å². The van der Waals surface area contributed by atoms with Crippen molar-refractivity contribution in [2.75, 3.05) is 31.6 Å². The zero-order valence-corrected chi connectivity index (χ0v) is 26.2. The predicted octanol–water partition coefficient (Wildman–Crippen LogP) is 5.19. The van der Waals surface area contributed by atoms with E-state index in [0.717, 1.165) is 21.9 Å². The van der Waals surface area contributed by atoms with Crippen molar-refractivity contribution in [1.82, 2.24) is 10.2 Å². The van der Waals surface area contributed by atoms with E-state index in [1.54, 1.807) is 55.6 Å². The molecule has 0 fully saturated rings. The first-order valence-electron chi connectivity index (χ1n) is 13.7. The summed E-state index contributed by atoms with van der Waals surface area (Å²) in [5, 5.41) is 3.14. The molecule has 0 aliphatic carbocycles. The van der Waals surface area contributed by atoms with Gasteiger partial charge in [0.1, 0.15) is 24.1 Å². The molecule has 0 aliphatic rings. The Morgan fingerprint density at radius 1 is 0.952 bits per heavy atom. The Hall–Kier alpha value is -3.76. The number of nitrogens with one attached hydrogen (secondary N) is 1. The molecule has 9 nitrogen and oxygen atoms in total. The van der Waals surface area contributed by atoms with Gasteiger partial charge < -0.3 is 19.7 Å². The van der Waals surface area contributed by atoms with Gasteiger partial charge in [-0.3, -0.25) is 13.9 Å². The van der Waals surface area contributed by atoms with E-state index in [1.807, 2.05) is 20.8 Å². The number of carbonyl (C=O) groups is 2. The number of anilines is 1. The van der Waals surface area contributed by atoms with Crippen LogP contribution >= 0.6 is 11.6 Å². The van der Waals surface area contributed by atoms with Crippen molar-refractivity contribution < 1.29 is 27.5 Å². The van der Waals surface area contributed by atoms with Gasteiger partial charge in [0, 0.05) is 18.1 Å². The number of ether oxygens (including phenoxy) is 2. The molecular formula is C31H38ClN3O6S. The topological polar surface area (TPSA) is 105 Å². The van der Waals surface area contributed by atoms with Gasteiger partial charge in [0.15, 0.2) is 0 Å². The highest BCUT2D eigenvalue weighted by Crippen LogP contribution is 2.35. The molecule has 226 valence electrons. The fourth-order valence-corrected chi connectivity index (χ4v) is 6.00. The number of amides is 2. The molecule has 0 aliphatic heterocycles. The number of aryl methyl sites for hydroxylation is 1. The van der Waals surface area contributed by atoms with E-state index in [9.17, 15) is 18.0 Å². The molecule has 0 aromatic heterocycles. The second-order valence-corrected chi connectivity index (χ2v) is 12.0. The van der Waals surface area contributed by atoms with Crippen molar-refractivity contribution in [3.63, 3.8) is 0 Å². The summed E-state index contributed by atoms with van der Waals surface area (Å²) in [5.74, 6) is -0.0124. The standard InChI is InChI=1S/C31H38ClN3O6S/c1-6-18-33-31(37)27(7-2)34(20-23-10-13-25(40-4)14-11-23)30(36)21-35(28-19-24(32)12-17-29(28)41-5)42(38,39)26-15-8-22(3)9-16-26/h8-17,19,27H,6-7,18,20-21H2,1-5H3,(H,33,37)/t27-/m0/s1. The number of nitrogens with zero attached hydrogens (tertiary/aromatic N) is 2. The lowest BCUT2D eigenvalue weighted by atomic mass is 10.1. The van der Waals surface area contributed by atoms with E-state index in [4.69, 9.17) is 21.1 Å². The predicted molar refractivity (Wildman–Crippen MR) is 165 cm³/mol. The number of carbonyl (C=O) groups excluding carboxylic acids is 2. The molecule has 0 radical (unpaired) electrons. The van der Waals surface area contributed by atoms with Crippen LogP contribution in [0.4, 0.5) is 5.69 Å². The Bertz CT molecular complexity index is 1460. The van der Waals surface area contributed by atoms with Gasteiger partial charge in [-0.2, -0.15) is 0 Å². The molecule has 3 rings (SSSR count). The zero-order chi connectivity index (χ0) is 30.9. The summed E-state index contributed by atoms with van der Waals surface area (Å²) in [5.41, 5.74) is 1.73. The van der Waals surface area contributed by atoms with Gasteiger partial charge >= 0.3 is 0 Å². The third kappa shape index (κ3) is 7.95. The van der Waals surface area contributed by atoms with Gasteiger partial charge in [0.05, 0.1) is 24.8 Å². The smallest absolute Gasteiger partial charge is 0.264 e. The van der Waals surface area contributed by atoms with Gasteiger partial charge in [-0.05, 0) is 67.8 Å². The number of hydrogen-bond donors (Lipinski definition) is 1. The third-order valence-corrected chi connectivity index (χ3v) is 8.75. The van der Waals surface area contributed by atoms with Gasteiger partial charge in [0.2, 0.25) is 11.8 Å². The molecule has 42 heavy (non-hydrogen) atoms. The Labute approximate surface area is 253 Å². The summed E-state index contributed by atoms with van der Waals surface area (Å²) in [6.07, 6.45) is 1.05. The van der Waals surface area contributed by atoms with Gasteiger partial charge in [0.25, 0.3) is 10.0 Å². The molecule has 0 spiro atoms. The van der Waals surface area contributed by atoms with Crippen LogP contribution in [-0.4, -0.2) is 58.5 Å². The number of sulfonamides is 1. The first kappa shape index (κ1) is 32.8. The second-order valence-electron chi connectivity index (χ2n) is 9.73. The molecule has 1 N–H and O–H groups in total. The lowest BCUT2D eigenvalue weighted by Crippen LogP contribution is -2.52. The maximum atomic E-state index is 14.2. The minimum atomic E-state index is -4.27. The van der Waals surface area contributed by atoms with Gasteiger partial charge in [-0.1, -0.05) is 55.3 Å². The van der Waals surface area contributed by atoms with Gasteiger partial charge in [-0.25, -0.2) is 8.42 Å². The van der Waals surface area contributed by atoms with Crippen molar-refractivity contribution in [3.8, 4) is 11.5 Å². The maximum Gasteiger partial charge on any atom is 0.264 e. The highest BCUT2D eigenvalue weighted by Gasteiger charge is 2.34. The van der Waals surface area contributed by atoms with E-state index >= 15 is 0 Å².